The molecule has 5 nitrogen and oxygen atoms in total. The van der Waals surface area contributed by atoms with Crippen molar-refractivity contribution in [3.63, 3.8) is 0 Å². The van der Waals surface area contributed by atoms with Crippen LogP contribution in [0.2, 0.25) is 0 Å². The molecule has 0 aliphatic carbocycles. The number of aliphatic hydroxyl groups excluding tert-OH is 1. The normalized spacial score (nSPS) is 18.4. The van der Waals surface area contributed by atoms with Crippen LogP contribution in [0.3, 0.4) is 0 Å². The number of benzene rings is 1. The number of piperazine rings is 1. The Morgan fingerprint density at radius 2 is 2.03 bits per heavy atom. The van der Waals surface area contributed by atoms with Gasteiger partial charge in [-0.1, -0.05) is 6.07 Å². The summed E-state index contributed by atoms with van der Waals surface area (Å²) in [6, 6.07) is 8.36. The van der Waals surface area contributed by atoms with Crippen molar-refractivity contribution in [3.05, 3.63) is 71.0 Å². The van der Waals surface area contributed by atoms with Gasteiger partial charge in [0.05, 0.1) is 0 Å². The molecule has 1 atom stereocenters. The zero-order valence-electron chi connectivity index (χ0n) is 16.0. The summed E-state index contributed by atoms with van der Waals surface area (Å²) >= 11 is 1.60. The quantitative estimate of drug-likeness (QED) is 0.640. The van der Waals surface area contributed by atoms with Crippen molar-refractivity contribution in [3.8, 4) is 5.13 Å². The van der Waals surface area contributed by atoms with E-state index in [-0.39, 0.29) is 12.6 Å². The van der Waals surface area contributed by atoms with E-state index in [0.717, 1.165) is 36.9 Å². The van der Waals surface area contributed by atoms with Gasteiger partial charge in [0.1, 0.15) is 0 Å². The van der Waals surface area contributed by atoms with Crippen LogP contribution in [-0.2, 0) is 13.1 Å². The average molecular weight is 419 g/mol. The van der Waals surface area contributed by atoms with Crippen molar-refractivity contribution in [1.29, 1.82) is 0 Å². The summed E-state index contributed by atoms with van der Waals surface area (Å²) in [6.45, 7) is 3.94. The summed E-state index contributed by atoms with van der Waals surface area (Å²) in [4.78, 5) is 9.02. The Morgan fingerprint density at radius 1 is 1.14 bits per heavy atom. The van der Waals surface area contributed by atoms with E-state index in [0.29, 0.717) is 13.0 Å². The zero-order chi connectivity index (χ0) is 20.2. The predicted molar refractivity (Wildman–Crippen MR) is 109 cm³/mol. The molecule has 1 aromatic carbocycles. The molecule has 0 radical (unpaired) electrons. The van der Waals surface area contributed by atoms with E-state index in [1.165, 1.54) is 17.8 Å². The van der Waals surface area contributed by atoms with Crippen molar-refractivity contribution >= 4 is 11.3 Å². The Labute approximate surface area is 172 Å². The Bertz CT molecular complexity index is 931. The summed E-state index contributed by atoms with van der Waals surface area (Å²) in [5.74, 6) is -1.64. The minimum atomic E-state index is -0.825. The molecule has 1 N–H and O–H groups in total. The van der Waals surface area contributed by atoms with Gasteiger partial charge < -0.3 is 5.11 Å². The van der Waals surface area contributed by atoms with Gasteiger partial charge in [0.25, 0.3) is 0 Å². The first-order valence-corrected chi connectivity index (χ1v) is 10.6. The van der Waals surface area contributed by atoms with Crippen molar-refractivity contribution in [2.24, 2.45) is 0 Å². The third kappa shape index (κ3) is 4.72. The summed E-state index contributed by atoms with van der Waals surface area (Å²) in [7, 11) is 0. The number of thiazole rings is 1. The second-order valence-corrected chi connectivity index (χ2v) is 8.18. The maximum absolute atomic E-state index is 13.6. The monoisotopic (exact) mass is 418 g/mol. The largest absolute Gasteiger partial charge is 0.396 e. The Kier molecular flexibility index (Phi) is 6.34. The van der Waals surface area contributed by atoms with Crippen LogP contribution in [0.4, 0.5) is 8.78 Å². The van der Waals surface area contributed by atoms with Crippen LogP contribution >= 0.6 is 11.3 Å². The highest BCUT2D eigenvalue weighted by Crippen LogP contribution is 2.21. The minimum absolute atomic E-state index is 0.0995. The molecular formula is C21H24F2N4OS. The molecule has 8 heteroatoms. The molecule has 1 aliphatic heterocycles. The van der Waals surface area contributed by atoms with Gasteiger partial charge in [-0.05, 0) is 36.2 Å². The third-order valence-electron chi connectivity index (χ3n) is 5.36. The third-order valence-corrected chi connectivity index (χ3v) is 6.14. The van der Waals surface area contributed by atoms with E-state index < -0.39 is 11.6 Å². The van der Waals surface area contributed by atoms with Crippen LogP contribution in [0.1, 0.15) is 17.7 Å². The fraction of sp³-hybridized carbons (Fsp3) is 0.381. The smallest absolute Gasteiger partial charge is 0.193 e. The molecule has 29 heavy (non-hydrogen) atoms. The molecule has 154 valence electrons. The van der Waals surface area contributed by atoms with Crippen molar-refractivity contribution in [2.75, 3.05) is 26.2 Å². The summed E-state index contributed by atoms with van der Waals surface area (Å²) in [5.41, 5.74) is 1.93. The van der Waals surface area contributed by atoms with E-state index in [1.807, 2.05) is 17.6 Å². The number of hydrogen-bond acceptors (Lipinski definition) is 5. The highest BCUT2D eigenvalue weighted by atomic mass is 32.1. The molecule has 1 fully saturated rings. The van der Waals surface area contributed by atoms with E-state index in [9.17, 15) is 13.9 Å². The lowest BCUT2D eigenvalue weighted by atomic mass is 10.1. The zero-order valence-corrected chi connectivity index (χ0v) is 16.9. The van der Waals surface area contributed by atoms with Gasteiger partial charge in [0.15, 0.2) is 16.8 Å². The summed E-state index contributed by atoms with van der Waals surface area (Å²) in [5, 5.41) is 12.4. The summed E-state index contributed by atoms with van der Waals surface area (Å²) < 4.78 is 28.9. The summed E-state index contributed by atoms with van der Waals surface area (Å²) in [6.07, 6.45) is 4.48. The second-order valence-electron chi connectivity index (χ2n) is 7.30. The van der Waals surface area contributed by atoms with E-state index in [1.54, 1.807) is 23.6 Å². The number of rotatable bonds is 7. The number of aromatic nitrogens is 2. The van der Waals surface area contributed by atoms with Gasteiger partial charge >= 0.3 is 0 Å². The van der Waals surface area contributed by atoms with Gasteiger partial charge in [-0.3, -0.25) is 14.4 Å². The predicted octanol–water partition coefficient (Wildman–Crippen LogP) is 3.28. The van der Waals surface area contributed by atoms with Crippen LogP contribution in [0.25, 0.3) is 5.13 Å². The van der Waals surface area contributed by atoms with E-state index >= 15 is 0 Å². The molecule has 0 saturated carbocycles. The molecule has 1 saturated heterocycles. The van der Waals surface area contributed by atoms with Crippen molar-refractivity contribution in [1.82, 2.24) is 19.4 Å². The average Bonchev–Trinajstić information content (AvgIpc) is 3.38. The van der Waals surface area contributed by atoms with Crippen molar-refractivity contribution in [2.45, 2.75) is 25.6 Å². The van der Waals surface area contributed by atoms with Gasteiger partial charge in [0, 0.05) is 68.8 Å². The standard InChI is InChI=1S/C21H24F2N4OS/c22-19-4-3-16(12-20(19)23)13-26-9-8-25(14-17(26)5-10-28)15-18-2-1-7-27(18)21-24-6-11-29-21/h1-4,6-7,11-12,17,28H,5,8-10,13-15H2/t17-/m0/s1. The van der Waals surface area contributed by atoms with Gasteiger partial charge in [-0.2, -0.15) is 0 Å². The topological polar surface area (TPSA) is 44.5 Å². The molecule has 0 amide bonds. The van der Waals surface area contributed by atoms with E-state index in [2.05, 4.69) is 25.4 Å². The highest BCUT2D eigenvalue weighted by Gasteiger charge is 2.27. The fourth-order valence-corrected chi connectivity index (χ4v) is 4.56. The molecule has 0 spiro atoms. The Hall–Kier alpha value is -2.13. The molecule has 0 bridgehead atoms. The molecule has 0 unspecified atom stereocenters. The van der Waals surface area contributed by atoms with Gasteiger partial charge in [-0.15, -0.1) is 11.3 Å². The van der Waals surface area contributed by atoms with Gasteiger partial charge in [0.2, 0.25) is 0 Å². The highest BCUT2D eigenvalue weighted by molar-refractivity contribution is 7.12. The SMILES string of the molecule is OCC[C@H]1CN(Cc2cccn2-c2nccs2)CCN1Cc1ccc(F)c(F)c1. The minimum Gasteiger partial charge on any atom is -0.396 e. The van der Waals surface area contributed by atoms with Crippen LogP contribution in [0.15, 0.2) is 48.1 Å². The van der Waals surface area contributed by atoms with Crippen molar-refractivity contribution < 1.29 is 13.9 Å². The molecule has 2 aromatic heterocycles. The second kappa shape index (κ2) is 9.13. The Balaban J connectivity index is 1.43. The molecule has 3 heterocycles. The Morgan fingerprint density at radius 3 is 2.79 bits per heavy atom. The molecule has 1 aliphatic rings. The lowest BCUT2D eigenvalue weighted by molar-refractivity contribution is 0.0491. The first kappa shape index (κ1) is 20.2. The maximum atomic E-state index is 13.6. The number of aliphatic hydroxyl groups is 1. The molecular weight excluding hydrogens is 394 g/mol. The maximum Gasteiger partial charge on any atom is 0.193 e. The molecule has 4 rings (SSSR count). The number of hydrogen-bond donors (Lipinski definition) is 1. The van der Waals surface area contributed by atoms with Crippen LogP contribution in [0, 0.1) is 11.6 Å². The number of nitrogens with zero attached hydrogens (tertiary/aromatic N) is 4. The number of halogens is 2. The molecule has 3 aromatic rings. The van der Waals surface area contributed by atoms with Gasteiger partial charge in [-0.25, -0.2) is 13.8 Å². The van der Waals surface area contributed by atoms with E-state index in [4.69, 9.17) is 0 Å². The lowest BCUT2D eigenvalue weighted by Gasteiger charge is -2.41. The van der Waals surface area contributed by atoms with Crippen LogP contribution in [-0.4, -0.2) is 56.7 Å². The first-order chi connectivity index (χ1) is 14.1. The van der Waals surface area contributed by atoms with Crippen LogP contribution < -0.4 is 0 Å². The van der Waals surface area contributed by atoms with Crippen LogP contribution in [0.5, 0.6) is 0 Å². The first-order valence-electron chi connectivity index (χ1n) is 9.71. The fourth-order valence-electron chi connectivity index (χ4n) is 3.90. The lowest BCUT2D eigenvalue weighted by Crippen LogP contribution is -2.52.